The van der Waals surface area contributed by atoms with Crippen LogP contribution >= 0.6 is 11.6 Å². The molecule has 1 aliphatic heterocycles. The fourth-order valence-corrected chi connectivity index (χ4v) is 2.82. The van der Waals surface area contributed by atoms with Crippen molar-refractivity contribution in [2.24, 2.45) is 5.92 Å². The molecule has 0 aliphatic carbocycles. The molecule has 1 aromatic rings. The van der Waals surface area contributed by atoms with Crippen molar-refractivity contribution in [2.75, 3.05) is 13.1 Å². The van der Waals surface area contributed by atoms with Crippen LogP contribution in [0.1, 0.15) is 43.5 Å². The largest absolute Gasteiger partial charge is 0.293 e. The second kappa shape index (κ2) is 6.53. The normalized spacial score (nSPS) is 22.8. The average Bonchev–Trinajstić information content (AvgIpc) is 2.63. The van der Waals surface area contributed by atoms with E-state index in [9.17, 15) is 4.79 Å². The van der Waals surface area contributed by atoms with Gasteiger partial charge in [0.1, 0.15) is 0 Å². The average molecular weight is 280 g/mol. The van der Waals surface area contributed by atoms with E-state index in [4.69, 9.17) is 11.6 Å². The van der Waals surface area contributed by atoms with Crippen molar-refractivity contribution in [3.8, 4) is 0 Å². The van der Waals surface area contributed by atoms with Gasteiger partial charge in [-0.2, -0.15) is 0 Å². The Hall–Kier alpha value is -0.860. The van der Waals surface area contributed by atoms with Crippen LogP contribution in [0.4, 0.5) is 0 Å². The molecule has 0 N–H and O–H groups in total. The van der Waals surface area contributed by atoms with Gasteiger partial charge < -0.3 is 0 Å². The van der Waals surface area contributed by atoms with Gasteiger partial charge in [0.15, 0.2) is 5.78 Å². The van der Waals surface area contributed by atoms with Crippen molar-refractivity contribution in [2.45, 2.75) is 39.2 Å². The highest BCUT2D eigenvalue weighted by Gasteiger charge is 2.24. The Morgan fingerprint density at radius 3 is 2.63 bits per heavy atom. The van der Waals surface area contributed by atoms with E-state index in [-0.39, 0.29) is 11.8 Å². The van der Waals surface area contributed by atoms with Gasteiger partial charge in [0.05, 0.1) is 6.04 Å². The van der Waals surface area contributed by atoms with Gasteiger partial charge in [0.25, 0.3) is 0 Å². The van der Waals surface area contributed by atoms with Gasteiger partial charge in [-0.25, -0.2) is 0 Å². The van der Waals surface area contributed by atoms with Crippen LogP contribution in [0.2, 0.25) is 5.02 Å². The Morgan fingerprint density at radius 2 is 1.95 bits per heavy atom. The van der Waals surface area contributed by atoms with Crippen LogP contribution in [-0.2, 0) is 0 Å². The van der Waals surface area contributed by atoms with Crippen molar-refractivity contribution in [3.63, 3.8) is 0 Å². The Labute approximate surface area is 120 Å². The Morgan fingerprint density at radius 1 is 1.26 bits per heavy atom. The molecule has 1 heterocycles. The number of ketones is 1. The standard InChI is InChI=1S/C16H22ClNO/c1-12-4-3-10-18(11-9-12)13(2)16(19)14-5-7-15(17)8-6-14/h5-8,12-13H,3-4,9-11H2,1-2H3. The molecule has 0 bridgehead atoms. The number of benzene rings is 1. The van der Waals surface area contributed by atoms with E-state index in [0.717, 1.165) is 24.6 Å². The van der Waals surface area contributed by atoms with E-state index < -0.39 is 0 Å². The molecule has 19 heavy (non-hydrogen) atoms. The van der Waals surface area contributed by atoms with E-state index in [0.29, 0.717) is 5.02 Å². The smallest absolute Gasteiger partial charge is 0.179 e. The lowest BCUT2D eigenvalue weighted by atomic mass is 10.0. The summed E-state index contributed by atoms with van der Waals surface area (Å²) in [4.78, 5) is 14.8. The number of carbonyl (C=O) groups is 1. The predicted octanol–water partition coefficient (Wildman–Crippen LogP) is 4.03. The van der Waals surface area contributed by atoms with Crippen LogP contribution in [0.25, 0.3) is 0 Å². The fourth-order valence-electron chi connectivity index (χ4n) is 2.69. The van der Waals surface area contributed by atoms with Gasteiger partial charge >= 0.3 is 0 Å². The molecule has 0 amide bonds. The molecule has 0 spiro atoms. The number of Topliss-reactive ketones (excluding diaryl/α,β-unsaturated/α-hetero) is 1. The number of nitrogens with zero attached hydrogens (tertiary/aromatic N) is 1. The van der Waals surface area contributed by atoms with Gasteiger partial charge in [-0.1, -0.05) is 18.5 Å². The zero-order valence-corrected chi connectivity index (χ0v) is 12.5. The minimum absolute atomic E-state index is 0.0357. The minimum Gasteiger partial charge on any atom is -0.293 e. The van der Waals surface area contributed by atoms with E-state index in [1.54, 1.807) is 12.1 Å². The zero-order chi connectivity index (χ0) is 13.8. The molecule has 2 nitrogen and oxygen atoms in total. The topological polar surface area (TPSA) is 20.3 Å². The first-order chi connectivity index (χ1) is 9.08. The van der Waals surface area contributed by atoms with Crippen molar-refractivity contribution in [1.29, 1.82) is 0 Å². The second-order valence-electron chi connectivity index (χ2n) is 5.62. The lowest BCUT2D eigenvalue weighted by Crippen LogP contribution is -2.39. The summed E-state index contributed by atoms with van der Waals surface area (Å²) in [6.07, 6.45) is 3.66. The maximum Gasteiger partial charge on any atom is 0.179 e. The van der Waals surface area contributed by atoms with Crippen LogP contribution in [0, 0.1) is 5.92 Å². The molecule has 1 aromatic carbocycles. The molecule has 2 atom stereocenters. The predicted molar refractivity (Wildman–Crippen MR) is 79.8 cm³/mol. The van der Waals surface area contributed by atoms with Crippen molar-refractivity contribution in [1.82, 2.24) is 4.90 Å². The van der Waals surface area contributed by atoms with Gasteiger partial charge in [-0.05, 0) is 69.5 Å². The monoisotopic (exact) mass is 279 g/mol. The summed E-state index contributed by atoms with van der Waals surface area (Å²) in [5.41, 5.74) is 0.759. The van der Waals surface area contributed by atoms with Crippen LogP contribution in [-0.4, -0.2) is 29.8 Å². The first-order valence-electron chi connectivity index (χ1n) is 7.12. The zero-order valence-electron chi connectivity index (χ0n) is 11.7. The molecule has 1 saturated heterocycles. The number of likely N-dealkylation sites (tertiary alicyclic amines) is 1. The summed E-state index contributed by atoms with van der Waals surface area (Å²) in [5.74, 6) is 0.981. The molecule has 3 heteroatoms. The Kier molecular flexibility index (Phi) is 5.00. The first-order valence-corrected chi connectivity index (χ1v) is 7.49. The third-order valence-electron chi connectivity index (χ3n) is 4.11. The molecule has 104 valence electrons. The first kappa shape index (κ1) is 14.5. The summed E-state index contributed by atoms with van der Waals surface area (Å²) >= 11 is 5.86. The number of hydrogen-bond acceptors (Lipinski definition) is 2. The molecular formula is C16H22ClNO. The molecule has 2 rings (SSSR count). The molecular weight excluding hydrogens is 258 g/mol. The van der Waals surface area contributed by atoms with Crippen molar-refractivity contribution in [3.05, 3.63) is 34.9 Å². The summed E-state index contributed by atoms with van der Waals surface area (Å²) < 4.78 is 0. The van der Waals surface area contributed by atoms with Crippen LogP contribution in [0.5, 0.6) is 0 Å². The quantitative estimate of drug-likeness (QED) is 0.779. The minimum atomic E-state index is -0.0357. The third-order valence-corrected chi connectivity index (χ3v) is 4.36. The second-order valence-corrected chi connectivity index (χ2v) is 6.06. The maximum atomic E-state index is 12.5. The Bertz CT molecular complexity index is 429. The number of carbonyl (C=O) groups excluding carboxylic acids is 1. The highest BCUT2D eigenvalue weighted by atomic mass is 35.5. The molecule has 0 radical (unpaired) electrons. The summed E-state index contributed by atoms with van der Waals surface area (Å²) in [5, 5.41) is 0.674. The van der Waals surface area contributed by atoms with Gasteiger partial charge in [-0.3, -0.25) is 9.69 Å². The molecule has 1 fully saturated rings. The van der Waals surface area contributed by atoms with E-state index in [1.807, 2.05) is 19.1 Å². The lowest BCUT2D eigenvalue weighted by Gasteiger charge is -2.26. The highest BCUT2D eigenvalue weighted by Crippen LogP contribution is 2.20. The summed E-state index contributed by atoms with van der Waals surface area (Å²) in [6, 6.07) is 7.17. The summed E-state index contributed by atoms with van der Waals surface area (Å²) in [7, 11) is 0. The number of rotatable bonds is 3. The Balaban J connectivity index is 2.03. The summed E-state index contributed by atoms with van der Waals surface area (Å²) in [6.45, 7) is 6.38. The van der Waals surface area contributed by atoms with Crippen LogP contribution < -0.4 is 0 Å². The lowest BCUT2D eigenvalue weighted by molar-refractivity contribution is 0.0841. The molecule has 1 aliphatic rings. The highest BCUT2D eigenvalue weighted by molar-refractivity contribution is 6.30. The van der Waals surface area contributed by atoms with E-state index in [1.165, 1.54) is 19.3 Å². The van der Waals surface area contributed by atoms with Gasteiger partial charge in [0.2, 0.25) is 0 Å². The SMILES string of the molecule is CC1CCCN(C(C)C(=O)c2ccc(Cl)cc2)CC1. The third kappa shape index (κ3) is 3.80. The van der Waals surface area contributed by atoms with Gasteiger partial charge in [-0.15, -0.1) is 0 Å². The number of hydrogen-bond donors (Lipinski definition) is 0. The van der Waals surface area contributed by atoms with E-state index in [2.05, 4.69) is 11.8 Å². The van der Waals surface area contributed by atoms with Crippen LogP contribution in [0.3, 0.4) is 0 Å². The van der Waals surface area contributed by atoms with Crippen molar-refractivity contribution >= 4 is 17.4 Å². The van der Waals surface area contributed by atoms with Crippen molar-refractivity contribution < 1.29 is 4.79 Å². The van der Waals surface area contributed by atoms with E-state index >= 15 is 0 Å². The molecule has 2 unspecified atom stereocenters. The van der Waals surface area contributed by atoms with Crippen LogP contribution in [0.15, 0.2) is 24.3 Å². The fraction of sp³-hybridized carbons (Fsp3) is 0.562. The molecule has 0 saturated carbocycles. The number of halogens is 1. The maximum absolute atomic E-state index is 12.5. The van der Waals surface area contributed by atoms with Gasteiger partial charge in [0, 0.05) is 10.6 Å². The molecule has 0 aromatic heterocycles.